The number of benzene rings is 1. The van der Waals surface area contributed by atoms with Gasteiger partial charge in [0.2, 0.25) is 5.95 Å². The third-order valence-electron chi connectivity index (χ3n) is 2.78. The van der Waals surface area contributed by atoms with Crippen molar-refractivity contribution in [1.82, 2.24) is 9.97 Å². The van der Waals surface area contributed by atoms with Crippen molar-refractivity contribution in [1.29, 1.82) is 0 Å². The summed E-state index contributed by atoms with van der Waals surface area (Å²) in [4.78, 5) is 7.86. The zero-order valence-electron chi connectivity index (χ0n) is 11.2. The molecule has 0 aliphatic heterocycles. The molecular formula is C14H17FN4. The SMILES string of the molecule is CNc1ncc(F)c(Nc2cccc(C(C)C)c2)n1. The molecule has 5 heteroatoms. The maximum atomic E-state index is 13.6. The summed E-state index contributed by atoms with van der Waals surface area (Å²) in [5.74, 6) is 0.489. The molecule has 1 aromatic heterocycles. The van der Waals surface area contributed by atoms with E-state index in [9.17, 15) is 4.39 Å². The van der Waals surface area contributed by atoms with Crippen molar-refractivity contribution in [3.63, 3.8) is 0 Å². The van der Waals surface area contributed by atoms with Gasteiger partial charge in [-0.3, -0.25) is 0 Å². The lowest BCUT2D eigenvalue weighted by Crippen LogP contribution is -2.03. The van der Waals surface area contributed by atoms with Crippen LogP contribution in [0.5, 0.6) is 0 Å². The predicted octanol–water partition coefficient (Wildman–Crippen LogP) is 3.52. The van der Waals surface area contributed by atoms with Crippen LogP contribution in [0.3, 0.4) is 0 Å². The molecule has 0 aliphatic carbocycles. The summed E-state index contributed by atoms with van der Waals surface area (Å²) < 4.78 is 13.6. The van der Waals surface area contributed by atoms with Crippen molar-refractivity contribution >= 4 is 17.5 Å². The molecule has 0 saturated heterocycles. The van der Waals surface area contributed by atoms with E-state index in [0.717, 1.165) is 11.9 Å². The molecule has 0 atom stereocenters. The van der Waals surface area contributed by atoms with Gasteiger partial charge in [0.1, 0.15) is 0 Å². The first kappa shape index (κ1) is 13.3. The second-order valence-electron chi connectivity index (χ2n) is 4.55. The Bertz CT molecular complexity index is 569. The van der Waals surface area contributed by atoms with Gasteiger partial charge in [-0.05, 0) is 23.6 Å². The van der Waals surface area contributed by atoms with Gasteiger partial charge < -0.3 is 10.6 Å². The van der Waals surface area contributed by atoms with Crippen LogP contribution in [-0.2, 0) is 0 Å². The molecule has 2 rings (SSSR count). The van der Waals surface area contributed by atoms with E-state index in [2.05, 4.69) is 34.4 Å². The van der Waals surface area contributed by atoms with Crippen LogP contribution in [0.4, 0.5) is 21.8 Å². The molecule has 2 aromatic rings. The zero-order chi connectivity index (χ0) is 13.8. The highest BCUT2D eigenvalue weighted by atomic mass is 19.1. The summed E-state index contributed by atoms with van der Waals surface area (Å²) in [6, 6.07) is 7.86. The number of aromatic nitrogens is 2. The highest BCUT2D eigenvalue weighted by molar-refractivity contribution is 5.58. The number of rotatable bonds is 4. The Labute approximate surface area is 112 Å². The summed E-state index contributed by atoms with van der Waals surface area (Å²) in [6.07, 6.45) is 1.15. The monoisotopic (exact) mass is 260 g/mol. The second-order valence-corrected chi connectivity index (χ2v) is 4.55. The normalized spacial score (nSPS) is 10.6. The fourth-order valence-electron chi connectivity index (χ4n) is 1.69. The number of nitrogens with one attached hydrogen (secondary N) is 2. The number of hydrogen-bond acceptors (Lipinski definition) is 4. The van der Waals surface area contributed by atoms with Gasteiger partial charge in [0, 0.05) is 12.7 Å². The highest BCUT2D eigenvalue weighted by Crippen LogP contribution is 2.22. The fraction of sp³-hybridized carbons (Fsp3) is 0.286. The second kappa shape index (κ2) is 5.65. The minimum Gasteiger partial charge on any atom is -0.357 e. The van der Waals surface area contributed by atoms with Crippen LogP contribution in [-0.4, -0.2) is 17.0 Å². The molecule has 0 amide bonds. The number of hydrogen-bond donors (Lipinski definition) is 2. The Morgan fingerprint density at radius 3 is 2.74 bits per heavy atom. The van der Waals surface area contributed by atoms with E-state index in [0.29, 0.717) is 11.9 Å². The van der Waals surface area contributed by atoms with Crippen molar-refractivity contribution < 1.29 is 4.39 Å². The molecule has 0 unspecified atom stereocenters. The van der Waals surface area contributed by atoms with Gasteiger partial charge in [-0.2, -0.15) is 4.98 Å². The summed E-state index contributed by atoms with van der Waals surface area (Å²) in [5.41, 5.74) is 2.00. The third kappa shape index (κ3) is 3.19. The zero-order valence-corrected chi connectivity index (χ0v) is 11.2. The van der Waals surface area contributed by atoms with Gasteiger partial charge in [0.25, 0.3) is 0 Å². The lowest BCUT2D eigenvalue weighted by atomic mass is 10.0. The Hall–Kier alpha value is -2.17. The Balaban J connectivity index is 2.28. The molecule has 0 saturated carbocycles. The maximum absolute atomic E-state index is 13.6. The predicted molar refractivity (Wildman–Crippen MR) is 75.4 cm³/mol. The Morgan fingerprint density at radius 2 is 2.05 bits per heavy atom. The van der Waals surface area contributed by atoms with Crippen molar-refractivity contribution in [3.05, 3.63) is 41.8 Å². The van der Waals surface area contributed by atoms with Crippen molar-refractivity contribution in [2.45, 2.75) is 19.8 Å². The van der Waals surface area contributed by atoms with Gasteiger partial charge in [-0.25, -0.2) is 9.37 Å². The van der Waals surface area contributed by atoms with Gasteiger partial charge >= 0.3 is 0 Å². The van der Waals surface area contributed by atoms with Gasteiger partial charge in [0.15, 0.2) is 11.6 Å². The molecule has 1 heterocycles. The quantitative estimate of drug-likeness (QED) is 0.883. The summed E-state index contributed by atoms with van der Waals surface area (Å²) in [5, 5.41) is 5.76. The fourth-order valence-corrected chi connectivity index (χ4v) is 1.69. The average Bonchev–Trinajstić information content (AvgIpc) is 2.41. The van der Waals surface area contributed by atoms with Crippen LogP contribution >= 0.6 is 0 Å². The topological polar surface area (TPSA) is 49.8 Å². The largest absolute Gasteiger partial charge is 0.357 e. The first-order valence-electron chi connectivity index (χ1n) is 6.17. The van der Waals surface area contributed by atoms with Crippen molar-refractivity contribution in [2.75, 3.05) is 17.7 Å². The van der Waals surface area contributed by atoms with Crippen LogP contribution in [0.1, 0.15) is 25.3 Å². The molecule has 0 aliphatic rings. The maximum Gasteiger partial charge on any atom is 0.224 e. The van der Waals surface area contributed by atoms with E-state index in [1.807, 2.05) is 24.3 Å². The average molecular weight is 260 g/mol. The van der Waals surface area contributed by atoms with Crippen LogP contribution in [0.15, 0.2) is 30.5 Å². The lowest BCUT2D eigenvalue weighted by Gasteiger charge is -2.11. The molecular weight excluding hydrogens is 243 g/mol. The number of halogens is 1. The summed E-state index contributed by atoms with van der Waals surface area (Å²) in [7, 11) is 1.69. The Morgan fingerprint density at radius 1 is 1.26 bits per heavy atom. The molecule has 0 bridgehead atoms. The highest BCUT2D eigenvalue weighted by Gasteiger charge is 2.07. The first-order valence-corrected chi connectivity index (χ1v) is 6.17. The molecule has 4 nitrogen and oxygen atoms in total. The number of anilines is 3. The molecule has 0 spiro atoms. The van der Waals surface area contributed by atoms with Crippen molar-refractivity contribution in [3.8, 4) is 0 Å². The molecule has 0 radical (unpaired) electrons. The molecule has 2 N–H and O–H groups in total. The van der Waals surface area contributed by atoms with E-state index < -0.39 is 5.82 Å². The standard InChI is InChI=1S/C14H17FN4/c1-9(2)10-5-4-6-11(7-10)18-13-12(15)8-17-14(16-3)19-13/h4-9H,1-3H3,(H2,16,17,18,19). The van der Waals surface area contributed by atoms with Crippen LogP contribution in [0, 0.1) is 5.82 Å². The van der Waals surface area contributed by atoms with Gasteiger partial charge in [0.05, 0.1) is 6.20 Å². The van der Waals surface area contributed by atoms with Crippen molar-refractivity contribution in [2.24, 2.45) is 0 Å². The molecule has 100 valence electrons. The van der Waals surface area contributed by atoms with Crippen LogP contribution in [0.25, 0.3) is 0 Å². The van der Waals surface area contributed by atoms with E-state index in [-0.39, 0.29) is 5.82 Å². The van der Waals surface area contributed by atoms with Crippen LogP contribution < -0.4 is 10.6 Å². The van der Waals surface area contributed by atoms with E-state index in [4.69, 9.17) is 0 Å². The molecule has 19 heavy (non-hydrogen) atoms. The van der Waals surface area contributed by atoms with Gasteiger partial charge in [-0.15, -0.1) is 0 Å². The smallest absolute Gasteiger partial charge is 0.224 e. The first-order chi connectivity index (χ1) is 9.10. The van der Waals surface area contributed by atoms with E-state index in [1.54, 1.807) is 7.05 Å². The summed E-state index contributed by atoms with van der Waals surface area (Å²) in [6.45, 7) is 4.23. The Kier molecular flexibility index (Phi) is 3.94. The third-order valence-corrected chi connectivity index (χ3v) is 2.78. The van der Waals surface area contributed by atoms with E-state index in [1.165, 1.54) is 5.56 Å². The minimum atomic E-state index is -0.478. The molecule has 1 aromatic carbocycles. The summed E-state index contributed by atoms with van der Waals surface area (Å²) >= 11 is 0. The van der Waals surface area contributed by atoms with E-state index >= 15 is 0 Å². The molecule has 0 fully saturated rings. The number of nitrogens with zero attached hydrogens (tertiary/aromatic N) is 2. The van der Waals surface area contributed by atoms with Crippen LogP contribution in [0.2, 0.25) is 0 Å². The minimum absolute atomic E-state index is 0.167. The lowest BCUT2D eigenvalue weighted by molar-refractivity contribution is 0.619. The van der Waals surface area contributed by atoms with Gasteiger partial charge in [-0.1, -0.05) is 26.0 Å².